The zero-order valence-corrected chi connectivity index (χ0v) is 16.6. The molecule has 0 heterocycles. The maximum atomic E-state index is 11.4. The third-order valence-electron chi connectivity index (χ3n) is 3.89. The summed E-state index contributed by atoms with van der Waals surface area (Å²) in [5.41, 5.74) is 2.26. The number of hydrogen-bond acceptors (Lipinski definition) is 5. The number of esters is 2. The number of ether oxygens (including phenoxy) is 2. The number of carbonyl (C=O) groups is 2. The van der Waals surface area contributed by atoms with Crippen molar-refractivity contribution in [1.29, 1.82) is 0 Å². The predicted octanol–water partition coefficient (Wildman–Crippen LogP) is 4.07. The second-order valence-electron chi connectivity index (χ2n) is 6.38. The average Bonchev–Trinajstić information content (AvgIpc) is 2.62. The molecule has 2 aromatic rings. The Morgan fingerprint density at radius 1 is 0.741 bits per heavy atom. The van der Waals surface area contributed by atoms with Crippen LogP contribution in [0.1, 0.15) is 25.0 Å². The molecule has 0 spiro atoms. The van der Waals surface area contributed by atoms with Gasteiger partial charge in [-0.3, -0.25) is 9.59 Å². The molecule has 5 heteroatoms. The number of thioether (sulfide) groups is 1. The van der Waals surface area contributed by atoms with Crippen molar-refractivity contribution in [2.45, 2.75) is 38.9 Å². The first-order valence-electron chi connectivity index (χ1n) is 9.03. The van der Waals surface area contributed by atoms with Crippen LogP contribution in [-0.2, 0) is 31.9 Å². The van der Waals surface area contributed by atoms with Gasteiger partial charge in [-0.2, -0.15) is 11.8 Å². The molecule has 0 fully saturated rings. The normalized spacial score (nSPS) is 12.8. The summed E-state index contributed by atoms with van der Waals surface area (Å²) in [6.07, 6.45) is 0.934. The molecule has 2 atom stereocenters. The number of benzene rings is 2. The summed E-state index contributed by atoms with van der Waals surface area (Å²) in [4.78, 5) is 22.9. The highest BCUT2D eigenvalue weighted by atomic mass is 32.2. The fourth-order valence-electron chi connectivity index (χ4n) is 2.82. The molecular weight excluding hydrogens is 360 g/mol. The zero-order valence-electron chi connectivity index (χ0n) is 15.8. The quantitative estimate of drug-likeness (QED) is 0.576. The SMILES string of the molecule is CC(=O)OC(CSCC(Cc1ccccc1)OC(C)=O)Cc1ccccc1. The second-order valence-corrected chi connectivity index (χ2v) is 7.45. The third kappa shape index (κ3) is 8.78. The molecule has 2 rings (SSSR count). The van der Waals surface area contributed by atoms with Crippen molar-refractivity contribution in [2.24, 2.45) is 0 Å². The summed E-state index contributed by atoms with van der Waals surface area (Å²) >= 11 is 1.64. The predicted molar refractivity (Wildman–Crippen MR) is 109 cm³/mol. The van der Waals surface area contributed by atoms with Crippen molar-refractivity contribution in [3.05, 3.63) is 71.8 Å². The lowest BCUT2D eigenvalue weighted by atomic mass is 10.1. The van der Waals surface area contributed by atoms with Crippen LogP contribution >= 0.6 is 11.8 Å². The third-order valence-corrected chi connectivity index (χ3v) is 5.10. The van der Waals surface area contributed by atoms with Gasteiger partial charge in [-0.25, -0.2) is 0 Å². The monoisotopic (exact) mass is 386 g/mol. The van der Waals surface area contributed by atoms with Gasteiger partial charge in [0.05, 0.1) is 0 Å². The van der Waals surface area contributed by atoms with Crippen molar-refractivity contribution >= 4 is 23.7 Å². The Hall–Kier alpha value is -2.27. The van der Waals surface area contributed by atoms with Crippen LogP contribution in [0.3, 0.4) is 0 Å². The van der Waals surface area contributed by atoms with Gasteiger partial charge in [0.15, 0.2) is 0 Å². The molecule has 27 heavy (non-hydrogen) atoms. The molecule has 0 aliphatic carbocycles. The van der Waals surface area contributed by atoms with Crippen LogP contribution in [0.25, 0.3) is 0 Å². The minimum atomic E-state index is -0.280. The fourth-order valence-corrected chi connectivity index (χ4v) is 3.86. The van der Waals surface area contributed by atoms with Gasteiger partial charge in [-0.15, -0.1) is 0 Å². The lowest BCUT2D eigenvalue weighted by Gasteiger charge is -2.20. The first-order valence-corrected chi connectivity index (χ1v) is 10.2. The minimum absolute atomic E-state index is 0.204. The minimum Gasteiger partial charge on any atom is -0.461 e. The van der Waals surface area contributed by atoms with E-state index in [9.17, 15) is 9.59 Å². The second kappa shape index (κ2) is 11.4. The maximum absolute atomic E-state index is 11.4. The van der Waals surface area contributed by atoms with Gasteiger partial charge in [-0.1, -0.05) is 60.7 Å². The summed E-state index contributed by atoms with van der Waals surface area (Å²) in [5.74, 6) is 0.747. The molecule has 0 amide bonds. The largest absolute Gasteiger partial charge is 0.461 e. The van der Waals surface area contributed by atoms with Crippen LogP contribution < -0.4 is 0 Å². The van der Waals surface area contributed by atoms with Gasteiger partial charge in [0.1, 0.15) is 12.2 Å². The summed E-state index contributed by atoms with van der Waals surface area (Å²) < 4.78 is 10.9. The van der Waals surface area contributed by atoms with Crippen LogP contribution in [0.4, 0.5) is 0 Å². The first-order chi connectivity index (χ1) is 13.0. The van der Waals surface area contributed by atoms with Crippen LogP contribution in [0.15, 0.2) is 60.7 Å². The standard InChI is InChI=1S/C22H26O4S/c1-17(23)25-21(13-19-9-5-3-6-10-19)15-27-16-22(26-18(2)24)14-20-11-7-4-8-12-20/h3-12,21-22H,13-16H2,1-2H3. The number of hydrogen-bond donors (Lipinski definition) is 0. The molecule has 144 valence electrons. The Bertz CT molecular complexity index is 641. The summed E-state index contributed by atoms with van der Waals surface area (Å²) in [6, 6.07) is 19.9. The zero-order chi connectivity index (χ0) is 19.5. The van der Waals surface area contributed by atoms with Crippen molar-refractivity contribution in [2.75, 3.05) is 11.5 Å². The Balaban J connectivity index is 1.90. The molecule has 0 bridgehead atoms. The number of carbonyl (C=O) groups excluding carboxylic acids is 2. The molecule has 0 N–H and O–H groups in total. The van der Waals surface area contributed by atoms with Crippen molar-refractivity contribution in [1.82, 2.24) is 0 Å². The summed E-state index contributed by atoms with van der Waals surface area (Å²) in [6.45, 7) is 2.86. The lowest BCUT2D eigenvalue weighted by molar-refractivity contribution is -0.145. The summed E-state index contributed by atoms with van der Waals surface area (Å²) in [5, 5.41) is 0. The van der Waals surface area contributed by atoms with E-state index in [2.05, 4.69) is 0 Å². The number of rotatable bonds is 10. The summed E-state index contributed by atoms with van der Waals surface area (Å²) in [7, 11) is 0. The van der Waals surface area contributed by atoms with Crippen LogP contribution in [0, 0.1) is 0 Å². The molecule has 0 aliphatic heterocycles. The lowest BCUT2D eigenvalue weighted by Crippen LogP contribution is -2.25. The van der Waals surface area contributed by atoms with Gasteiger partial charge < -0.3 is 9.47 Å². The fraction of sp³-hybridized carbons (Fsp3) is 0.364. The van der Waals surface area contributed by atoms with Gasteiger partial charge in [0.2, 0.25) is 0 Å². The molecule has 2 aromatic carbocycles. The maximum Gasteiger partial charge on any atom is 0.302 e. The van der Waals surface area contributed by atoms with Gasteiger partial charge in [0.25, 0.3) is 0 Å². The highest BCUT2D eigenvalue weighted by Crippen LogP contribution is 2.17. The van der Waals surface area contributed by atoms with E-state index in [-0.39, 0.29) is 24.1 Å². The topological polar surface area (TPSA) is 52.6 Å². The van der Waals surface area contributed by atoms with Gasteiger partial charge in [0, 0.05) is 38.2 Å². The molecule has 2 unspecified atom stereocenters. The molecule has 0 radical (unpaired) electrons. The Morgan fingerprint density at radius 2 is 1.11 bits per heavy atom. The molecule has 0 aromatic heterocycles. The molecule has 0 saturated carbocycles. The first kappa shape index (κ1) is 21.0. The Kier molecular flexibility index (Phi) is 8.92. The van der Waals surface area contributed by atoms with Crippen LogP contribution in [0.5, 0.6) is 0 Å². The van der Waals surface area contributed by atoms with E-state index >= 15 is 0 Å². The Labute approximate surface area is 165 Å². The van der Waals surface area contributed by atoms with E-state index in [0.29, 0.717) is 24.3 Å². The van der Waals surface area contributed by atoms with Gasteiger partial charge >= 0.3 is 11.9 Å². The van der Waals surface area contributed by atoms with E-state index < -0.39 is 0 Å². The van der Waals surface area contributed by atoms with E-state index in [1.165, 1.54) is 13.8 Å². The molecule has 4 nitrogen and oxygen atoms in total. The van der Waals surface area contributed by atoms with E-state index in [4.69, 9.17) is 9.47 Å². The van der Waals surface area contributed by atoms with E-state index in [1.54, 1.807) is 11.8 Å². The average molecular weight is 387 g/mol. The van der Waals surface area contributed by atoms with Gasteiger partial charge in [-0.05, 0) is 11.1 Å². The van der Waals surface area contributed by atoms with Crippen LogP contribution in [-0.4, -0.2) is 35.7 Å². The highest BCUT2D eigenvalue weighted by Gasteiger charge is 2.17. The highest BCUT2D eigenvalue weighted by molar-refractivity contribution is 7.99. The van der Waals surface area contributed by atoms with Crippen molar-refractivity contribution in [3.8, 4) is 0 Å². The van der Waals surface area contributed by atoms with Crippen molar-refractivity contribution in [3.63, 3.8) is 0 Å². The molecular formula is C22H26O4S. The smallest absolute Gasteiger partial charge is 0.302 e. The molecule has 0 aliphatic rings. The Morgan fingerprint density at radius 3 is 1.44 bits per heavy atom. The van der Waals surface area contributed by atoms with Crippen LogP contribution in [0.2, 0.25) is 0 Å². The van der Waals surface area contributed by atoms with Crippen molar-refractivity contribution < 1.29 is 19.1 Å². The molecule has 0 saturated heterocycles. The van der Waals surface area contributed by atoms with E-state index in [1.807, 2.05) is 60.7 Å². The van der Waals surface area contributed by atoms with E-state index in [0.717, 1.165) is 11.1 Å².